The first-order valence-corrected chi connectivity index (χ1v) is 10.7. The highest BCUT2D eigenvalue weighted by Gasteiger charge is 2.34. The number of hydrogen-bond acceptors (Lipinski definition) is 7. The monoisotopic (exact) mass is 446 g/mol. The topological polar surface area (TPSA) is 97.0 Å². The largest absolute Gasteiger partial charge is 0.347 e. The molecule has 0 radical (unpaired) electrons. The van der Waals surface area contributed by atoms with Crippen LogP contribution in [0.15, 0.2) is 36.7 Å². The van der Waals surface area contributed by atoms with Gasteiger partial charge in [0, 0.05) is 34.6 Å². The first-order chi connectivity index (χ1) is 14.5. The molecular weight excluding hydrogens is 427 g/mol. The van der Waals surface area contributed by atoms with Gasteiger partial charge in [-0.15, -0.1) is 11.3 Å². The summed E-state index contributed by atoms with van der Waals surface area (Å²) in [6.45, 7) is 2.19. The second kappa shape index (κ2) is 8.63. The number of aromatic nitrogens is 3. The van der Waals surface area contributed by atoms with Gasteiger partial charge < -0.3 is 11.1 Å². The van der Waals surface area contributed by atoms with Gasteiger partial charge in [0.1, 0.15) is 5.01 Å². The van der Waals surface area contributed by atoms with Gasteiger partial charge in [-0.05, 0) is 25.5 Å². The van der Waals surface area contributed by atoms with E-state index in [0.29, 0.717) is 17.9 Å². The summed E-state index contributed by atoms with van der Waals surface area (Å²) in [5.74, 6) is -0.638. The number of nitrogens with two attached hydrogens (primary N) is 1. The summed E-state index contributed by atoms with van der Waals surface area (Å²) < 4.78 is 14.4. The van der Waals surface area contributed by atoms with E-state index in [2.05, 4.69) is 20.3 Å². The molecule has 1 aliphatic heterocycles. The van der Waals surface area contributed by atoms with E-state index >= 15 is 0 Å². The Morgan fingerprint density at radius 3 is 2.83 bits per heavy atom. The molecule has 0 saturated carbocycles. The van der Waals surface area contributed by atoms with Gasteiger partial charge in [0.25, 0.3) is 0 Å². The van der Waals surface area contributed by atoms with E-state index in [1.165, 1.54) is 16.2 Å². The molecule has 0 unspecified atom stereocenters. The Kier molecular flexibility index (Phi) is 5.94. The van der Waals surface area contributed by atoms with Gasteiger partial charge in [0.2, 0.25) is 11.9 Å². The van der Waals surface area contributed by atoms with Crippen molar-refractivity contribution in [2.24, 2.45) is 5.73 Å². The third-order valence-corrected chi connectivity index (χ3v) is 6.42. The van der Waals surface area contributed by atoms with E-state index in [0.717, 1.165) is 21.6 Å². The zero-order chi connectivity index (χ0) is 21.3. The van der Waals surface area contributed by atoms with Gasteiger partial charge >= 0.3 is 0 Å². The summed E-state index contributed by atoms with van der Waals surface area (Å²) in [5.41, 5.74) is 6.71. The predicted molar refractivity (Wildman–Crippen MR) is 116 cm³/mol. The standard InChI is InChI=1S/C20H20ClFN6OS/c1-11(16-10-24-19(30-16)12-2-4-13(21)5-3-12)26-20-25-9-15(22)18(27-20)28-14(8-23)6-7-17(28)29/h2-5,9-11,14H,6-8,23H2,1H3,(H,25,26,27)/t11-,14+/m0/s1. The molecule has 4 rings (SSSR count). The van der Waals surface area contributed by atoms with E-state index in [1.807, 2.05) is 31.2 Å². The van der Waals surface area contributed by atoms with Gasteiger partial charge in [-0.2, -0.15) is 4.98 Å². The van der Waals surface area contributed by atoms with E-state index in [-0.39, 0.29) is 36.3 Å². The van der Waals surface area contributed by atoms with Crippen LogP contribution in [0.25, 0.3) is 10.6 Å². The van der Waals surface area contributed by atoms with Crippen molar-refractivity contribution in [3.8, 4) is 10.6 Å². The van der Waals surface area contributed by atoms with Crippen LogP contribution in [0.1, 0.15) is 30.7 Å². The molecule has 0 aliphatic carbocycles. The van der Waals surface area contributed by atoms with Crippen molar-refractivity contribution in [3.05, 3.63) is 52.4 Å². The Bertz CT molecular complexity index is 1060. The van der Waals surface area contributed by atoms with Gasteiger partial charge in [-0.3, -0.25) is 9.69 Å². The lowest BCUT2D eigenvalue weighted by atomic mass is 10.2. The molecular formula is C20H20ClFN6OS. The van der Waals surface area contributed by atoms with Crippen molar-refractivity contribution in [2.45, 2.75) is 31.8 Å². The molecule has 0 spiro atoms. The molecule has 1 fully saturated rings. The Labute approximate surface area is 182 Å². The molecule has 1 saturated heterocycles. The van der Waals surface area contributed by atoms with Crippen molar-refractivity contribution in [2.75, 3.05) is 16.8 Å². The lowest BCUT2D eigenvalue weighted by molar-refractivity contribution is -0.117. The lowest BCUT2D eigenvalue weighted by Crippen LogP contribution is -2.39. The molecule has 156 valence electrons. The predicted octanol–water partition coefficient (Wildman–Crippen LogP) is 4.02. The Morgan fingerprint density at radius 1 is 1.33 bits per heavy atom. The third kappa shape index (κ3) is 4.14. The van der Waals surface area contributed by atoms with Gasteiger partial charge in [0.05, 0.1) is 18.3 Å². The van der Waals surface area contributed by atoms with Crippen LogP contribution in [0.4, 0.5) is 16.2 Å². The van der Waals surface area contributed by atoms with E-state index in [1.54, 1.807) is 6.20 Å². The lowest BCUT2D eigenvalue weighted by Gasteiger charge is -2.23. The molecule has 30 heavy (non-hydrogen) atoms. The Balaban J connectivity index is 1.53. The maximum atomic E-state index is 14.4. The number of anilines is 2. The highest BCUT2D eigenvalue weighted by atomic mass is 35.5. The molecule has 7 nitrogen and oxygen atoms in total. The normalized spacial score (nSPS) is 17.4. The summed E-state index contributed by atoms with van der Waals surface area (Å²) in [6.07, 6.45) is 3.78. The van der Waals surface area contributed by atoms with E-state index in [4.69, 9.17) is 17.3 Å². The highest BCUT2D eigenvalue weighted by molar-refractivity contribution is 7.15. The number of hydrogen-bond donors (Lipinski definition) is 2. The number of carbonyl (C=O) groups excluding carboxylic acids is 1. The highest BCUT2D eigenvalue weighted by Crippen LogP contribution is 2.32. The molecule has 1 aliphatic rings. The first-order valence-electron chi connectivity index (χ1n) is 9.49. The Morgan fingerprint density at radius 2 is 2.10 bits per heavy atom. The quantitative estimate of drug-likeness (QED) is 0.593. The fourth-order valence-electron chi connectivity index (χ4n) is 3.33. The zero-order valence-corrected chi connectivity index (χ0v) is 17.8. The van der Waals surface area contributed by atoms with E-state index in [9.17, 15) is 9.18 Å². The van der Waals surface area contributed by atoms with Gasteiger partial charge in [-0.25, -0.2) is 14.4 Å². The van der Waals surface area contributed by atoms with Gasteiger partial charge in [-0.1, -0.05) is 23.7 Å². The summed E-state index contributed by atoms with van der Waals surface area (Å²) >= 11 is 7.47. The average Bonchev–Trinajstić information content (AvgIpc) is 3.37. The number of nitrogens with one attached hydrogen (secondary N) is 1. The van der Waals surface area contributed by atoms with Crippen molar-refractivity contribution in [1.82, 2.24) is 15.0 Å². The number of halogens is 2. The smallest absolute Gasteiger partial charge is 0.228 e. The molecule has 1 amide bonds. The summed E-state index contributed by atoms with van der Waals surface area (Å²) in [6, 6.07) is 7.06. The number of benzene rings is 1. The summed E-state index contributed by atoms with van der Waals surface area (Å²) in [7, 11) is 0. The van der Waals surface area contributed by atoms with Crippen LogP contribution in [0, 0.1) is 5.82 Å². The molecule has 3 N–H and O–H groups in total. The minimum atomic E-state index is -0.648. The van der Waals surface area contributed by atoms with Crippen LogP contribution >= 0.6 is 22.9 Å². The maximum absolute atomic E-state index is 14.4. The molecule has 3 aromatic rings. The van der Waals surface area contributed by atoms with Crippen LogP contribution in [-0.4, -0.2) is 33.4 Å². The number of amides is 1. The second-order valence-corrected chi connectivity index (χ2v) is 8.50. The SMILES string of the molecule is C[C@H](Nc1ncc(F)c(N2C(=O)CC[C@@H]2CN)n1)c1cnc(-c2ccc(Cl)cc2)s1. The van der Waals surface area contributed by atoms with Crippen LogP contribution in [0.3, 0.4) is 0 Å². The van der Waals surface area contributed by atoms with Crippen LogP contribution in [0.5, 0.6) is 0 Å². The number of thiazole rings is 1. The van der Waals surface area contributed by atoms with E-state index < -0.39 is 5.82 Å². The zero-order valence-electron chi connectivity index (χ0n) is 16.2. The molecule has 2 atom stereocenters. The minimum absolute atomic E-state index is 0.0381. The van der Waals surface area contributed by atoms with Crippen molar-refractivity contribution < 1.29 is 9.18 Å². The Hall–Kier alpha value is -2.62. The van der Waals surface area contributed by atoms with Crippen molar-refractivity contribution in [3.63, 3.8) is 0 Å². The third-order valence-electron chi connectivity index (χ3n) is 4.94. The van der Waals surface area contributed by atoms with Crippen LogP contribution in [0.2, 0.25) is 5.02 Å². The number of rotatable bonds is 6. The van der Waals surface area contributed by atoms with Crippen LogP contribution in [-0.2, 0) is 4.79 Å². The number of nitrogens with zero attached hydrogens (tertiary/aromatic N) is 4. The fourth-order valence-corrected chi connectivity index (χ4v) is 4.38. The fraction of sp³-hybridized carbons (Fsp3) is 0.300. The molecule has 10 heteroatoms. The first kappa shape index (κ1) is 20.6. The molecule has 1 aromatic carbocycles. The van der Waals surface area contributed by atoms with Crippen molar-refractivity contribution >= 4 is 40.6 Å². The van der Waals surface area contributed by atoms with Gasteiger partial charge in [0.15, 0.2) is 11.6 Å². The summed E-state index contributed by atoms with van der Waals surface area (Å²) in [4.78, 5) is 27.3. The molecule has 2 aromatic heterocycles. The molecule has 3 heterocycles. The summed E-state index contributed by atoms with van der Waals surface area (Å²) in [5, 5.41) is 4.70. The second-order valence-electron chi connectivity index (χ2n) is 7.00. The molecule has 0 bridgehead atoms. The van der Waals surface area contributed by atoms with Crippen LogP contribution < -0.4 is 16.0 Å². The number of carbonyl (C=O) groups is 1. The minimum Gasteiger partial charge on any atom is -0.347 e. The average molecular weight is 447 g/mol. The van der Waals surface area contributed by atoms with Crippen molar-refractivity contribution in [1.29, 1.82) is 0 Å². The maximum Gasteiger partial charge on any atom is 0.228 e.